The molecule has 1 N–H and O–H groups in total. The third kappa shape index (κ3) is 5.79. The van der Waals surface area contributed by atoms with Crippen LogP contribution in [0.25, 0.3) is 0 Å². The van der Waals surface area contributed by atoms with Gasteiger partial charge in [0.2, 0.25) is 0 Å². The first-order valence-corrected chi connectivity index (χ1v) is 9.51. The van der Waals surface area contributed by atoms with Gasteiger partial charge < -0.3 is 10.1 Å². The van der Waals surface area contributed by atoms with Crippen LogP contribution in [0.15, 0.2) is 0 Å². The Balaban J connectivity index is 1.54. The summed E-state index contributed by atoms with van der Waals surface area (Å²) < 4.78 is 28.7. The molecule has 4 nitrogen and oxygen atoms in total. The summed E-state index contributed by atoms with van der Waals surface area (Å²) in [6.45, 7) is 2.69. The molecule has 2 aliphatic carbocycles. The van der Waals surface area contributed by atoms with Crippen LogP contribution in [0.1, 0.15) is 44.9 Å². The average Bonchev–Trinajstić information content (AvgIpc) is 3.17. The molecule has 5 heteroatoms. The summed E-state index contributed by atoms with van der Waals surface area (Å²) >= 11 is 0. The van der Waals surface area contributed by atoms with Crippen molar-refractivity contribution in [3.05, 3.63) is 0 Å². The van der Waals surface area contributed by atoms with E-state index in [2.05, 4.69) is 5.32 Å². The van der Waals surface area contributed by atoms with Crippen LogP contribution in [0, 0.1) is 5.92 Å². The Morgan fingerprint density at radius 2 is 2.00 bits per heavy atom. The fourth-order valence-corrected chi connectivity index (χ4v) is 3.91. The van der Waals surface area contributed by atoms with Gasteiger partial charge in [0.05, 0.1) is 5.25 Å². The minimum atomic E-state index is -2.87. The van der Waals surface area contributed by atoms with Crippen LogP contribution < -0.4 is 5.32 Å². The summed E-state index contributed by atoms with van der Waals surface area (Å²) in [5.74, 6) is 0.835. The van der Waals surface area contributed by atoms with Crippen molar-refractivity contribution in [2.45, 2.75) is 56.2 Å². The van der Waals surface area contributed by atoms with Crippen LogP contribution >= 0.6 is 0 Å². The van der Waals surface area contributed by atoms with Gasteiger partial charge in [0.25, 0.3) is 0 Å². The van der Waals surface area contributed by atoms with E-state index in [4.69, 9.17) is 4.74 Å². The van der Waals surface area contributed by atoms with Crippen molar-refractivity contribution < 1.29 is 13.2 Å². The highest BCUT2D eigenvalue weighted by atomic mass is 32.2. The van der Waals surface area contributed by atoms with Crippen LogP contribution in [0.3, 0.4) is 0 Å². The molecular weight excluding hydrogens is 262 g/mol. The number of hydrogen-bond donors (Lipinski definition) is 1. The maximum absolute atomic E-state index is 11.6. The standard InChI is InChI=1S/C14H27NO3S/c1-19(16,17)14-5-2-4-13(10-14)15-8-3-9-18-11-12-6-7-12/h12-15H,2-11H2,1H3. The lowest BCUT2D eigenvalue weighted by molar-refractivity contribution is 0.121. The number of ether oxygens (including phenoxy) is 1. The normalized spacial score (nSPS) is 28.5. The van der Waals surface area contributed by atoms with E-state index < -0.39 is 9.84 Å². The van der Waals surface area contributed by atoms with Gasteiger partial charge in [-0.25, -0.2) is 8.42 Å². The lowest BCUT2D eigenvalue weighted by Gasteiger charge is -2.28. The highest BCUT2D eigenvalue weighted by Gasteiger charge is 2.28. The zero-order valence-electron chi connectivity index (χ0n) is 11.9. The van der Waals surface area contributed by atoms with Gasteiger partial charge in [0.1, 0.15) is 9.84 Å². The van der Waals surface area contributed by atoms with Gasteiger partial charge in [0.15, 0.2) is 0 Å². The molecule has 19 heavy (non-hydrogen) atoms. The predicted octanol–water partition coefficient (Wildman–Crippen LogP) is 1.75. The molecule has 2 rings (SSSR count). The zero-order valence-corrected chi connectivity index (χ0v) is 12.8. The summed E-state index contributed by atoms with van der Waals surface area (Å²) in [7, 11) is -2.87. The maximum Gasteiger partial charge on any atom is 0.150 e. The van der Waals surface area contributed by atoms with E-state index in [1.807, 2.05) is 0 Å². The van der Waals surface area contributed by atoms with Crippen LogP contribution in [0.5, 0.6) is 0 Å². The van der Waals surface area contributed by atoms with Crippen molar-refractivity contribution in [1.82, 2.24) is 5.32 Å². The van der Waals surface area contributed by atoms with Gasteiger partial charge >= 0.3 is 0 Å². The van der Waals surface area contributed by atoms with Crippen molar-refractivity contribution in [2.24, 2.45) is 5.92 Å². The third-order valence-corrected chi connectivity index (χ3v) is 5.82. The predicted molar refractivity (Wildman–Crippen MR) is 77.1 cm³/mol. The van der Waals surface area contributed by atoms with Gasteiger partial charge in [-0.2, -0.15) is 0 Å². The van der Waals surface area contributed by atoms with E-state index in [9.17, 15) is 8.42 Å². The van der Waals surface area contributed by atoms with Crippen molar-refractivity contribution in [3.8, 4) is 0 Å². The Morgan fingerprint density at radius 1 is 1.21 bits per heavy atom. The molecule has 0 aromatic rings. The van der Waals surface area contributed by atoms with E-state index in [1.165, 1.54) is 19.1 Å². The van der Waals surface area contributed by atoms with Gasteiger partial charge in [-0.3, -0.25) is 0 Å². The molecule has 0 aliphatic heterocycles. The summed E-state index contributed by atoms with van der Waals surface area (Å²) in [5, 5.41) is 3.35. The minimum Gasteiger partial charge on any atom is -0.381 e. The van der Waals surface area contributed by atoms with E-state index in [1.54, 1.807) is 0 Å². The average molecular weight is 289 g/mol. The Kier molecular flexibility index (Phi) is 5.66. The summed E-state index contributed by atoms with van der Waals surface area (Å²) in [6, 6.07) is 0.372. The number of rotatable bonds is 8. The van der Waals surface area contributed by atoms with Gasteiger partial charge in [-0.15, -0.1) is 0 Å². The molecule has 0 bridgehead atoms. The van der Waals surface area contributed by atoms with E-state index in [-0.39, 0.29) is 5.25 Å². The monoisotopic (exact) mass is 289 g/mol. The van der Waals surface area contributed by atoms with Crippen LogP contribution in [-0.4, -0.2) is 45.7 Å². The lowest BCUT2D eigenvalue weighted by atomic mass is 9.95. The molecule has 0 aromatic carbocycles. The quantitative estimate of drug-likeness (QED) is 0.692. The Labute approximate surface area is 117 Å². The van der Waals surface area contributed by atoms with E-state index in [0.717, 1.165) is 57.8 Å². The fourth-order valence-electron chi connectivity index (χ4n) is 2.73. The van der Waals surface area contributed by atoms with E-state index >= 15 is 0 Å². The zero-order chi connectivity index (χ0) is 13.7. The molecule has 0 radical (unpaired) electrons. The molecule has 112 valence electrons. The van der Waals surface area contributed by atoms with Crippen molar-refractivity contribution in [3.63, 3.8) is 0 Å². The van der Waals surface area contributed by atoms with Crippen LogP contribution in [-0.2, 0) is 14.6 Å². The second kappa shape index (κ2) is 7.04. The highest BCUT2D eigenvalue weighted by Crippen LogP contribution is 2.28. The molecule has 0 amide bonds. The first-order chi connectivity index (χ1) is 9.05. The van der Waals surface area contributed by atoms with Crippen LogP contribution in [0.4, 0.5) is 0 Å². The molecule has 0 heterocycles. The molecule has 2 unspecified atom stereocenters. The van der Waals surface area contributed by atoms with E-state index in [0.29, 0.717) is 6.04 Å². The van der Waals surface area contributed by atoms with Crippen molar-refractivity contribution in [2.75, 3.05) is 26.0 Å². The Hall–Kier alpha value is -0.130. The molecule has 0 saturated heterocycles. The van der Waals surface area contributed by atoms with Gasteiger partial charge in [0, 0.05) is 25.5 Å². The second-order valence-electron chi connectivity index (χ2n) is 6.14. The largest absolute Gasteiger partial charge is 0.381 e. The fraction of sp³-hybridized carbons (Fsp3) is 1.00. The number of hydrogen-bond acceptors (Lipinski definition) is 4. The third-order valence-electron chi connectivity index (χ3n) is 4.18. The van der Waals surface area contributed by atoms with Crippen molar-refractivity contribution >= 4 is 9.84 Å². The first-order valence-electron chi connectivity index (χ1n) is 7.55. The first kappa shape index (κ1) is 15.3. The molecule has 0 spiro atoms. The molecule has 2 aliphatic rings. The van der Waals surface area contributed by atoms with Crippen molar-refractivity contribution in [1.29, 1.82) is 0 Å². The second-order valence-corrected chi connectivity index (χ2v) is 8.47. The minimum absolute atomic E-state index is 0.134. The number of sulfone groups is 1. The number of nitrogens with one attached hydrogen (secondary N) is 1. The molecular formula is C14H27NO3S. The SMILES string of the molecule is CS(=O)(=O)C1CCCC(NCCCOCC2CC2)C1. The van der Waals surface area contributed by atoms with Crippen LogP contribution in [0.2, 0.25) is 0 Å². The maximum atomic E-state index is 11.6. The summed E-state index contributed by atoms with van der Waals surface area (Å²) in [4.78, 5) is 0. The molecule has 0 aromatic heterocycles. The molecule has 2 saturated carbocycles. The molecule has 2 fully saturated rings. The summed E-state index contributed by atoms with van der Waals surface area (Å²) in [5.41, 5.74) is 0. The Morgan fingerprint density at radius 3 is 2.68 bits per heavy atom. The molecule has 2 atom stereocenters. The Bertz CT molecular complexity index is 365. The smallest absolute Gasteiger partial charge is 0.150 e. The highest BCUT2D eigenvalue weighted by molar-refractivity contribution is 7.91. The summed E-state index contributed by atoms with van der Waals surface area (Å²) in [6.07, 6.45) is 8.81. The topological polar surface area (TPSA) is 55.4 Å². The van der Waals surface area contributed by atoms with Gasteiger partial charge in [-0.05, 0) is 51.0 Å². The van der Waals surface area contributed by atoms with Gasteiger partial charge in [-0.1, -0.05) is 6.42 Å². The lowest BCUT2D eigenvalue weighted by Crippen LogP contribution is -2.39.